The third kappa shape index (κ3) is 18100. The Morgan fingerprint density at radius 1 is 0.667 bits per heavy atom. The van der Waals surface area contributed by atoms with Gasteiger partial charge in [-0.05, 0) is 0 Å². The van der Waals surface area contributed by atoms with E-state index in [1.165, 1.54) is 0 Å². The van der Waals surface area contributed by atoms with Crippen molar-refractivity contribution >= 4 is 14.6 Å². The van der Waals surface area contributed by atoms with Gasteiger partial charge in [0.05, 0.1) is 0 Å². The van der Waals surface area contributed by atoms with E-state index >= 15 is 0 Å². The average molecular weight is 128 g/mol. The van der Waals surface area contributed by atoms with E-state index in [-0.39, 0.29) is 7.43 Å². The topological polar surface area (TPSA) is 0 Å². The van der Waals surface area contributed by atoms with Crippen LogP contribution in [0.5, 0.6) is 0 Å². The predicted octanol–water partition coefficient (Wildman–Crippen LogP) is 3.24. The lowest BCUT2D eigenvalue weighted by Crippen LogP contribution is -1.53. The molecule has 0 nitrogen and oxygen atoms in total. The predicted molar refractivity (Wildman–Crippen MR) is 53.0 cm³/mol. The Morgan fingerprint density at radius 2 is 0.667 bits per heavy atom. The third-order valence-corrected chi connectivity index (χ3v) is 0. The van der Waals surface area contributed by atoms with Gasteiger partial charge in [-0.2, -0.15) is 0 Å². The molecule has 0 aliphatic rings. The molecule has 0 saturated carbocycles. The maximum atomic E-state index is 2.00. The van der Waals surface area contributed by atoms with Gasteiger partial charge < -0.3 is 0 Å². The van der Waals surface area contributed by atoms with Gasteiger partial charge in [0.1, 0.15) is 14.6 Å². The molecular formula is C7H22B2. The maximum Gasteiger partial charge on any atom is 0.102 e. The zero-order valence-corrected chi connectivity index (χ0v) is 7.15. The van der Waals surface area contributed by atoms with E-state index in [2.05, 4.69) is 0 Å². The quantitative estimate of drug-likeness (QED) is 0.439. The van der Waals surface area contributed by atoms with Gasteiger partial charge >= 0.3 is 0 Å². The Bertz CT molecular complexity index is 8.88. The second-order valence-corrected chi connectivity index (χ2v) is 1.15. The molecule has 0 unspecified atom stereocenters. The molecule has 0 bridgehead atoms. The first-order chi connectivity index (χ1) is 3.83. The van der Waals surface area contributed by atoms with Crippen molar-refractivity contribution < 1.29 is 0 Å². The van der Waals surface area contributed by atoms with E-state index in [4.69, 9.17) is 0 Å². The normalized spacial score (nSPS) is 3.78. The fourth-order valence-corrected chi connectivity index (χ4v) is 0. The molecule has 0 aromatic rings. The van der Waals surface area contributed by atoms with E-state index in [1.54, 1.807) is 0 Å². The van der Waals surface area contributed by atoms with Gasteiger partial charge in [-0.3, -0.25) is 0 Å². The second kappa shape index (κ2) is 91.1. The summed E-state index contributed by atoms with van der Waals surface area (Å²) in [6.07, 6.45) is 0. The molecule has 0 spiro atoms. The van der Waals surface area contributed by atoms with Gasteiger partial charge in [0.15, 0.2) is 0 Å². The lowest BCUT2D eigenvalue weighted by atomic mass is 9.88. The van der Waals surface area contributed by atoms with Crippen molar-refractivity contribution in [1.29, 1.82) is 0 Å². The van der Waals surface area contributed by atoms with E-state index in [1.807, 2.05) is 55.7 Å². The molecule has 0 aromatic carbocycles. The SMILES string of the molecule is C.CC.C[B]C.C[B]C. The monoisotopic (exact) mass is 128 g/mol. The van der Waals surface area contributed by atoms with Crippen LogP contribution in [0.15, 0.2) is 0 Å². The Kier molecular flexibility index (Phi) is 232. The summed E-state index contributed by atoms with van der Waals surface area (Å²) in [6.45, 7) is 12.0. The van der Waals surface area contributed by atoms with E-state index in [0.29, 0.717) is 0 Å². The van der Waals surface area contributed by atoms with Gasteiger partial charge in [0, 0.05) is 0 Å². The minimum absolute atomic E-state index is 0. The Hall–Kier alpha value is 0.130. The maximum absolute atomic E-state index is 2.00. The second-order valence-electron chi connectivity index (χ2n) is 1.15. The highest BCUT2D eigenvalue weighted by Gasteiger charge is 1.43. The largest absolute Gasteiger partial charge is 0.102 e. The van der Waals surface area contributed by atoms with Crippen LogP contribution in [0.2, 0.25) is 27.3 Å². The zero-order chi connectivity index (χ0) is 7.41. The van der Waals surface area contributed by atoms with Gasteiger partial charge in [0.25, 0.3) is 0 Å². The first kappa shape index (κ1) is 22.9. The summed E-state index contributed by atoms with van der Waals surface area (Å²) >= 11 is 0. The van der Waals surface area contributed by atoms with Crippen molar-refractivity contribution in [3.63, 3.8) is 0 Å². The lowest BCUT2D eigenvalue weighted by molar-refractivity contribution is 1.50. The van der Waals surface area contributed by atoms with Crippen LogP contribution in [0.4, 0.5) is 0 Å². The van der Waals surface area contributed by atoms with Crippen LogP contribution in [0, 0.1) is 0 Å². The first-order valence-electron chi connectivity index (χ1n) is 3.31. The number of rotatable bonds is 0. The van der Waals surface area contributed by atoms with Crippen LogP contribution in [-0.2, 0) is 0 Å². The molecule has 0 N–H and O–H groups in total. The Morgan fingerprint density at radius 3 is 0.667 bits per heavy atom. The van der Waals surface area contributed by atoms with Crippen LogP contribution in [0.25, 0.3) is 0 Å². The Labute approximate surface area is 63.9 Å². The molecule has 9 heavy (non-hydrogen) atoms. The van der Waals surface area contributed by atoms with Crippen molar-refractivity contribution in [2.75, 3.05) is 0 Å². The van der Waals surface area contributed by atoms with Crippen LogP contribution in [0.3, 0.4) is 0 Å². The van der Waals surface area contributed by atoms with Gasteiger partial charge in [0.2, 0.25) is 0 Å². The molecule has 0 amide bonds. The zero-order valence-electron chi connectivity index (χ0n) is 7.15. The summed E-state index contributed by atoms with van der Waals surface area (Å²) in [7, 11) is 4.00. The van der Waals surface area contributed by atoms with Crippen molar-refractivity contribution in [3.8, 4) is 0 Å². The molecule has 0 fully saturated rings. The van der Waals surface area contributed by atoms with Crippen molar-refractivity contribution in [2.24, 2.45) is 0 Å². The first-order valence-corrected chi connectivity index (χ1v) is 3.31. The minimum Gasteiger partial charge on any atom is -0.0922 e. The molecule has 2 heteroatoms. The van der Waals surface area contributed by atoms with Crippen LogP contribution >= 0.6 is 0 Å². The summed E-state index contributed by atoms with van der Waals surface area (Å²) in [5.74, 6) is 0. The molecule has 0 aliphatic heterocycles. The molecule has 56 valence electrons. The average Bonchev–Trinajstić information content (AvgIpc) is 1.75. The fourth-order valence-electron chi connectivity index (χ4n) is 0. The summed E-state index contributed by atoms with van der Waals surface area (Å²) < 4.78 is 0. The van der Waals surface area contributed by atoms with Crippen molar-refractivity contribution in [1.82, 2.24) is 0 Å². The van der Waals surface area contributed by atoms with Gasteiger partial charge in [-0.25, -0.2) is 0 Å². The smallest absolute Gasteiger partial charge is 0.0922 e. The van der Waals surface area contributed by atoms with Crippen molar-refractivity contribution in [2.45, 2.75) is 48.6 Å². The standard InChI is InChI=1S/2C2H6B.C2H6.CH4/c2*1-3-2;1-2;/h2*1-2H3;1-2H3;1H4. The van der Waals surface area contributed by atoms with E-state index < -0.39 is 0 Å². The van der Waals surface area contributed by atoms with Crippen LogP contribution < -0.4 is 0 Å². The van der Waals surface area contributed by atoms with Gasteiger partial charge in [-0.15, -0.1) is 0 Å². The molecule has 2 radical (unpaired) electrons. The highest BCUT2D eigenvalue weighted by Crippen LogP contribution is 1.37. The number of hydrogen-bond acceptors (Lipinski definition) is 0. The van der Waals surface area contributed by atoms with E-state index in [9.17, 15) is 0 Å². The lowest BCUT2D eigenvalue weighted by Gasteiger charge is -1.41. The molecule has 0 saturated heterocycles. The molecule has 0 aliphatic carbocycles. The van der Waals surface area contributed by atoms with E-state index in [0.717, 1.165) is 0 Å². The van der Waals surface area contributed by atoms with Gasteiger partial charge in [-0.1, -0.05) is 48.6 Å². The minimum atomic E-state index is 0. The molecule has 0 rings (SSSR count). The fraction of sp³-hybridized carbons (Fsp3) is 1.00. The molecule has 0 heterocycles. The summed E-state index contributed by atoms with van der Waals surface area (Å²) in [5, 5.41) is 0. The third-order valence-electron chi connectivity index (χ3n) is 0. The highest BCUT2D eigenvalue weighted by atomic mass is 13.0. The number of hydrogen-bond donors (Lipinski definition) is 0. The molecular weight excluding hydrogens is 106 g/mol. The summed E-state index contributed by atoms with van der Waals surface area (Å²) in [6, 6.07) is 0. The van der Waals surface area contributed by atoms with Crippen LogP contribution in [0.1, 0.15) is 21.3 Å². The summed E-state index contributed by atoms with van der Waals surface area (Å²) in [4.78, 5) is 0. The van der Waals surface area contributed by atoms with Crippen LogP contribution in [-0.4, -0.2) is 14.6 Å². The molecule has 0 aromatic heterocycles. The Balaban J connectivity index is -0.0000000202. The summed E-state index contributed by atoms with van der Waals surface area (Å²) in [5.41, 5.74) is 0. The van der Waals surface area contributed by atoms with Crippen molar-refractivity contribution in [3.05, 3.63) is 0 Å². The highest BCUT2D eigenvalue weighted by molar-refractivity contribution is 6.31. The molecule has 0 atom stereocenters.